The molecule has 5 rings (SSSR count). The number of ether oxygens (including phenoxy) is 1. The molecule has 0 amide bonds. The molecular formula is C24H23ClN2O3S. The van der Waals surface area contributed by atoms with Gasteiger partial charge in [0.05, 0.1) is 10.3 Å². The Kier molecular flexibility index (Phi) is 4.33. The summed E-state index contributed by atoms with van der Waals surface area (Å²) in [5, 5.41) is 0.489. The molecule has 2 aliphatic heterocycles. The maximum Gasteiger partial charge on any atom is 0.261 e. The summed E-state index contributed by atoms with van der Waals surface area (Å²) >= 11 is 5.88. The minimum atomic E-state index is -3.71. The SMILES string of the molecule is CN1c2ccccc2C(C)(C)[C@@]12Cc1cc(NS(=O)(=O)c3ccc(Cl)cc3)ccc1O2. The highest BCUT2D eigenvalue weighted by Gasteiger charge is 2.60. The van der Waals surface area contributed by atoms with Crippen molar-refractivity contribution in [2.45, 2.75) is 36.3 Å². The molecule has 0 fully saturated rings. The van der Waals surface area contributed by atoms with Crippen molar-refractivity contribution >= 4 is 33.0 Å². The number of fused-ring (bicyclic) bond motifs is 2. The van der Waals surface area contributed by atoms with E-state index in [1.165, 1.54) is 17.7 Å². The second kappa shape index (κ2) is 6.65. The average molecular weight is 455 g/mol. The number of anilines is 2. The van der Waals surface area contributed by atoms with Gasteiger partial charge in [0.25, 0.3) is 10.0 Å². The molecule has 0 saturated carbocycles. The Morgan fingerprint density at radius 2 is 1.74 bits per heavy atom. The number of likely N-dealkylation sites (N-methyl/N-ethyl adjacent to an activating group) is 1. The number of nitrogens with one attached hydrogen (secondary N) is 1. The van der Waals surface area contributed by atoms with E-state index in [0.717, 1.165) is 17.0 Å². The lowest BCUT2D eigenvalue weighted by Crippen LogP contribution is -2.58. The lowest BCUT2D eigenvalue weighted by Gasteiger charge is -2.42. The number of halogens is 1. The van der Waals surface area contributed by atoms with Crippen LogP contribution in [0.3, 0.4) is 0 Å². The number of nitrogens with zero attached hydrogens (tertiary/aromatic N) is 1. The molecule has 0 saturated heterocycles. The van der Waals surface area contributed by atoms with E-state index in [-0.39, 0.29) is 10.3 Å². The third kappa shape index (κ3) is 2.92. The van der Waals surface area contributed by atoms with Crippen LogP contribution in [0, 0.1) is 0 Å². The second-order valence-corrected chi connectivity index (χ2v) is 10.8. The van der Waals surface area contributed by atoms with Gasteiger partial charge in [-0.2, -0.15) is 0 Å². The molecule has 3 aromatic rings. The number of hydrogen-bond donors (Lipinski definition) is 1. The van der Waals surface area contributed by atoms with Crippen LogP contribution in [-0.2, 0) is 21.9 Å². The predicted octanol–water partition coefficient (Wildman–Crippen LogP) is 5.20. The first-order chi connectivity index (χ1) is 14.6. The highest BCUT2D eigenvalue weighted by Crippen LogP contribution is 2.56. The van der Waals surface area contributed by atoms with Crippen molar-refractivity contribution in [3.8, 4) is 5.75 Å². The minimum Gasteiger partial charge on any atom is -0.466 e. The molecule has 160 valence electrons. The van der Waals surface area contributed by atoms with Crippen molar-refractivity contribution in [3.05, 3.63) is 82.9 Å². The number of rotatable bonds is 3. The van der Waals surface area contributed by atoms with Crippen LogP contribution < -0.4 is 14.4 Å². The molecule has 0 aliphatic carbocycles. The van der Waals surface area contributed by atoms with Gasteiger partial charge in [-0.05, 0) is 67.9 Å². The van der Waals surface area contributed by atoms with Gasteiger partial charge in [0.1, 0.15) is 5.75 Å². The molecule has 0 bridgehead atoms. The molecule has 0 radical (unpaired) electrons. The molecule has 1 atom stereocenters. The van der Waals surface area contributed by atoms with Crippen molar-refractivity contribution in [2.24, 2.45) is 0 Å². The third-order valence-electron chi connectivity index (χ3n) is 6.60. The Labute approximate surface area is 187 Å². The highest BCUT2D eigenvalue weighted by atomic mass is 35.5. The van der Waals surface area contributed by atoms with Gasteiger partial charge >= 0.3 is 0 Å². The molecule has 2 heterocycles. The molecule has 2 aliphatic rings. The molecule has 1 spiro atoms. The van der Waals surface area contributed by atoms with E-state index >= 15 is 0 Å². The summed E-state index contributed by atoms with van der Waals surface area (Å²) in [6, 6.07) is 19.9. The summed E-state index contributed by atoms with van der Waals surface area (Å²) in [4.78, 5) is 2.37. The largest absolute Gasteiger partial charge is 0.466 e. The van der Waals surface area contributed by atoms with E-state index in [2.05, 4.69) is 48.7 Å². The van der Waals surface area contributed by atoms with Gasteiger partial charge in [0.15, 0.2) is 5.72 Å². The van der Waals surface area contributed by atoms with Crippen LogP contribution in [0.4, 0.5) is 11.4 Å². The molecule has 3 aromatic carbocycles. The minimum absolute atomic E-state index is 0.164. The molecule has 5 nitrogen and oxygen atoms in total. The zero-order chi connectivity index (χ0) is 22.0. The van der Waals surface area contributed by atoms with E-state index in [9.17, 15) is 8.42 Å². The fraction of sp³-hybridized carbons (Fsp3) is 0.250. The van der Waals surface area contributed by atoms with E-state index < -0.39 is 15.7 Å². The quantitative estimate of drug-likeness (QED) is 0.591. The maximum absolute atomic E-state index is 12.8. The third-order valence-corrected chi connectivity index (χ3v) is 8.25. The summed E-state index contributed by atoms with van der Waals surface area (Å²) in [6.45, 7) is 4.40. The molecule has 0 unspecified atom stereocenters. The van der Waals surface area contributed by atoms with Crippen LogP contribution in [0.2, 0.25) is 5.02 Å². The van der Waals surface area contributed by atoms with Crippen molar-refractivity contribution in [2.75, 3.05) is 16.7 Å². The van der Waals surface area contributed by atoms with Gasteiger partial charge in [-0.25, -0.2) is 8.42 Å². The predicted molar refractivity (Wildman–Crippen MR) is 124 cm³/mol. The topological polar surface area (TPSA) is 58.6 Å². The standard InChI is InChI=1S/C24H23ClN2O3S/c1-23(2)20-6-4-5-7-21(20)27(3)24(23)15-16-14-18(10-13-22(16)30-24)26-31(28,29)19-11-8-17(25)9-12-19/h4-14,26H,15H2,1-3H3/t24-/m0/s1. The van der Waals surface area contributed by atoms with E-state index in [4.69, 9.17) is 16.3 Å². The van der Waals surface area contributed by atoms with Crippen molar-refractivity contribution in [1.82, 2.24) is 0 Å². The van der Waals surface area contributed by atoms with Crippen LogP contribution in [-0.4, -0.2) is 21.2 Å². The van der Waals surface area contributed by atoms with Gasteiger partial charge in [-0.1, -0.05) is 29.8 Å². The van der Waals surface area contributed by atoms with Crippen LogP contribution in [0.1, 0.15) is 25.0 Å². The summed E-state index contributed by atoms with van der Waals surface area (Å²) in [5.41, 5.74) is 3.07. The first-order valence-corrected chi connectivity index (χ1v) is 11.9. The zero-order valence-electron chi connectivity index (χ0n) is 17.5. The molecule has 31 heavy (non-hydrogen) atoms. The number of benzene rings is 3. The van der Waals surface area contributed by atoms with Crippen LogP contribution >= 0.6 is 11.6 Å². The first-order valence-electron chi connectivity index (χ1n) is 10.1. The maximum atomic E-state index is 12.8. The fourth-order valence-electron chi connectivity index (χ4n) is 4.84. The van der Waals surface area contributed by atoms with Crippen LogP contribution in [0.25, 0.3) is 0 Å². The second-order valence-electron chi connectivity index (χ2n) is 8.65. The summed E-state index contributed by atoms with van der Waals surface area (Å²) in [5.74, 6) is 0.780. The van der Waals surface area contributed by atoms with Gasteiger partial charge in [0.2, 0.25) is 0 Å². The number of sulfonamides is 1. The molecule has 0 aromatic heterocycles. The molecule has 1 N–H and O–H groups in total. The molecule has 7 heteroatoms. The van der Waals surface area contributed by atoms with Crippen molar-refractivity contribution in [3.63, 3.8) is 0 Å². The molecular weight excluding hydrogens is 432 g/mol. The Bertz CT molecular complexity index is 1290. The van der Waals surface area contributed by atoms with Crippen LogP contribution in [0.5, 0.6) is 5.75 Å². The Morgan fingerprint density at radius 3 is 2.45 bits per heavy atom. The Balaban J connectivity index is 1.47. The monoisotopic (exact) mass is 454 g/mol. The highest BCUT2D eigenvalue weighted by molar-refractivity contribution is 7.92. The van der Waals surface area contributed by atoms with Crippen molar-refractivity contribution in [1.29, 1.82) is 0 Å². The van der Waals surface area contributed by atoms with E-state index in [1.54, 1.807) is 18.2 Å². The Hall–Kier alpha value is -2.70. The van der Waals surface area contributed by atoms with Gasteiger partial charge in [-0.3, -0.25) is 4.72 Å². The lowest BCUT2D eigenvalue weighted by molar-refractivity contribution is 0.0350. The normalized spacial score (nSPS) is 21.0. The smallest absolute Gasteiger partial charge is 0.261 e. The summed E-state index contributed by atoms with van der Waals surface area (Å²) < 4.78 is 34.8. The van der Waals surface area contributed by atoms with E-state index in [0.29, 0.717) is 17.1 Å². The zero-order valence-corrected chi connectivity index (χ0v) is 19.1. The summed E-state index contributed by atoms with van der Waals surface area (Å²) in [6.07, 6.45) is 0.650. The fourth-order valence-corrected chi connectivity index (χ4v) is 6.01. The van der Waals surface area contributed by atoms with Gasteiger partial charge in [0, 0.05) is 35.4 Å². The van der Waals surface area contributed by atoms with E-state index in [1.807, 2.05) is 18.2 Å². The number of hydrogen-bond acceptors (Lipinski definition) is 4. The van der Waals surface area contributed by atoms with Gasteiger partial charge in [-0.15, -0.1) is 0 Å². The first kappa shape index (κ1) is 20.2. The van der Waals surface area contributed by atoms with Crippen LogP contribution in [0.15, 0.2) is 71.6 Å². The van der Waals surface area contributed by atoms with Gasteiger partial charge < -0.3 is 9.64 Å². The number of para-hydroxylation sites is 1. The van der Waals surface area contributed by atoms with Crippen molar-refractivity contribution < 1.29 is 13.2 Å². The average Bonchev–Trinajstić information content (AvgIpc) is 3.19. The Morgan fingerprint density at radius 1 is 1.03 bits per heavy atom. The summed E-state index contributed by atoms with van der Waals surface area (Å²) in [7, 11) is -1.65. The lowest BCUT2D eigenvalue weighted by atomic mass is 9.76.